The van der Waals surface area contributed by atoms with Crippen molar-refractivity contribution in [2.45, 2.75) is 12.6 Å². The van der Waals surface area contributed by atoms with Crippen LogP contribution in [-0.2, 0) is 16.1 Å². The lowest BCUT2D eigenvalue weighted by Crippen LogP contribution is -2.46. The molecule has 0 saturated carbocycles. The van der Waals surface area contributed by atoms with Crippen molar-refractivity contribution in [3.8, 4) is 16.9 Å². The van der Waals surface area contributed by atoms with E-state index in [0.717, 1.165) is 22.5 Å². The Morgan fingerprint density at radius 2 is 1.81 bits per heavy atom. The van der Waals surface area contributed by atoms with Crippen molar-refractivity contribution < 1.29 is 24.2 Å². The van der Waals surface area contributed by atoms with E-state index in [-0.39, 0.29) is 29.6 Å². The molecule has 0 aliphatic carbocycles. The fourth-order valence-electron chi connectivity index (χ4n) is 3.02. The van der Waals surface area contributed by atoms with Crippen molar-refractivity contribution in [1.29, 1.82) is 0 Å². The molecule has 1 aromatic heterocycles. The summed E-state index contributed by atoms with van der Waals surface area (Å²) in [5.74, 6) is -1.43. The number of nitrogens with one attached hydrogen (secondary N) is 2. The Labute approximate surface area is 189 Å². The van der Waals surface area contributed by atoms with Gasteiger partial charge >= 0.3 is 5.97 Å². The number of hydrogen-bond donors (Lipinski definition) is 4. The molecular formula is C23H23N3O5S. The number of amides is 2. The first-order valence-electron chi connectivity index (χ1n) is 9.77. The molecule has 1 heterocycles. The van der Waals surface area contributed by atoms with Gasteiger partial charge in [-0.05, 0) is 29.3 Å². The number of rotatable bonds is 8. The van der Waals surface area contributed by atoms with Crippen molar-refractivity contribution in [1.82, 2.24) is 10.6 Å². The fourth-order valence-corrected chi connectivity index (χ4v) is 4.02. The molecule has 8 nitrogen and oxygen atoms in total. The zero-order valence-electron chi connectivity index (χ0n) is 17.3. The third-order valence-electron chi connectivity index (χ3n) is 4.64. The van der Waals surface area contributed by atoms with Crippen LogP contribution in [0, 0.1) is 0 Å². The minimum Gasteiger partial charge on any atom is -0.508 e. The number of thiophene rings is 1. The van der Waals surface area contributed by atoms with Gasteiger partial charge in [0.15, 0.2) is 0 Å². The summed E-state index contributed by atoms with van der Waals surface area (Å²) in [6.07, 6.45) is 0. The highest BCUT2D eigenvalue weighted by Crippen LogP contribution is 2.32. The van der Waals surface area contributed by atoms with Crippen LogP contribution in [0.3, 0.4) is 0 Å². The number of phenolic OH excluding ortho intramolecular Hbond substituents is 1. The summed E-state index contributed by atoms with van der Waals surface area (Å²) in [6, 6.07) is 16.4. The summed E-state index contributed by atoms with van der Waals surface area (Å²) in [6.45, 7) is 0.0899. The van der Waals surface area contributed by atoms with Gasteiger partial charge in [0.1, 0.15) is 16.7 Å². The average Bonchev–Trinajstić information content (AvgIpc) is 3.27. The zero-order chi connectivity index (χ0) is 23.1. The number of phenols is 1. The molecular weight excluding hydrogens is 430 g/mol. The Kier molecular flexibility index (Phi) is 7.58. The Morgan fingerprint density at radius 1 is 1.06 bits per heavy atom. The molecule has 1 unspecified atom stereocenters. The van der Waals surface area contributed by atoms with Crippen LogP contribution in [0.1, 0.15) is 24.9 Å². The van der Waals surface area contributed by atoms with Crippen LogP contribution < -0.4 is 16.4 Å². The van der Waals surface area contributed by atoms with Crippen molar-refractivity contribution in [3.05, 3.63) is 76.0 Å². The standard InChI is InChI=1S/C23H23N3O5S/c1-31-23(30)18(12-24)26-22(29)20-17(15-7-3-2-4-8-15)11-19(32-20)21(28)25-13-14-6-5-9-16(27)10-14/h2-11,18,27H,12-13,24H2,1H3,(H,25,28)(H,26,29). The molecule has 0 saturated heterocycles. The van der Waals surface area contributed by atoms with Crippen LogP contribution in [0.2, 0.25) is 0 Å². The summed E-state index contributed by atoms with van der Waals surface area (Å²) in [4.78, 5) is 38.2. The molecule has 0 aliphatic heterocycles. The van der Waals surface area contributed by atoms with Crippen LogP contribution in [0.15, 0.2) is 60.7 Å². The molecule has 166 valence electrons. The molecule has 2 amide bonds. The number of methoxy groups -OCH3 is 1. The number of benzene rings is 2. The topological polar surface area (TPSA) is 131 Å². The van der Waals surface area contributed by atoms with Gasteiger partial charge in [-0.25, -0.2) is 4.79 Å². The maximum Gasteiger partial charge on any atom is 0.329 e. The number of carbonyl (C=O) groups excluding carboxylic acids is 3. The first kappa shape index (κ1) is 23.0. The fraction of sp³-hybridized carbons (Fsp3) is 0.174. The molecule has 32 heavy (non-hydrogen) atoms. The van der Waals surface area contributed by atoms with Gasteiger partial charge in [0, 0.05) is 18.7 Å². The van der Waals surface area contributed by atoms with E-state index < -0.39 is 17.9 Å². The van der Waals surface area contributed by atoms with E-state index in [9.17, 15) is 19.5 Å². The SMILES string of the molecule is COC(=O)C(CN)NC(=O)c1sc(C(=O)NCc2cccc(O)c2)cc1-c1ccccc1. The highest BCUT2D eigenvalue weighted by molar-refractivity contribution is 7.16. The molecule has 0 spiro atoms. The third-order valence-corrected chi connectivity index (χ3v) is 5.77. The second-order valence-electron chi connectivity index (χ2n) is 6.86. The number of carbonyl (C=O) groups is 3. The Bertz CT molecular complexity index is 1110. The first-order chi connectivity index (χ1) is 15.4. The van der Waals surface area contributed by atoms with Gasteiger partial charge < -0.3 is 26.2 Å². The van der Waals surface area contributed by atoms with E-state index in [2.05, 4.69) is 15.4 Å². The Balaban J connectivity index is 1.86. The minimum atomic E-state index is -0.999. The summed E-state index contributed by atoms with van der Waals surface area (Å²) in [5.41, 5.74) is 7.64. The van der Waals surface area contributed by atoms with Crippen molar-refractivity contribution >= 4 is 29.1 Å². The van der Waals surface area contributed by atoms with E-state index >= 15 is 0 Å². The van der Waals surface area contributed by atoms with Crippen LogP contribution in [0.4, 0.5) is 0 Å². The van der Waals surface area contributed by atoms with Gasteiger partial charge in [-0.1, -0.05) is 42.5 Å². The molecule has 3 rings (SSSR count). The quantitative estimate of drug-likeness (QED) is 0.387. The molecule has 0 fully saturated rings. The molecule has 0 bridgehead atoms. The second-order valence-corrected chi connectivity index (χ2v) is 7.91. The van der Waals surface area contributed by atoms with Gasteiger partial charge in [0.25, 0.3) is 11.8 Å². The van der Waals surface area contributed by atoms with Crippen molar-refractivity contribution in [2.24, 2.45) is 5.73 Å². The van der Waals surface area contributed by atoms with E-state index in [4.69, 9.17) is 5.73 Å². The summed E-state index contributed by atoms with van der Waals surface area (Å²) >= 11 is 1.01. The maximum absolute atomic E-state index is 13.0. The highest BCUT2D eigenvalue weighted by atomic mass is 32.1. The van der Waals surface area contributed by atoms with Crippen LogP contribution >= 0.6 is 11.3 Å². The summed E-state index contributed by atoms with van der Waals surface area (Å²) in [7, 11) is 1.21. The third kappa shape index (κ3) is 5.51. The smallest absolute Gasteiger partial charge is 0.329 e. The summed E-state index contributed by atoms with van der Waals surface area (Å²) in [5, 5.41) is 14.9. The van der Waals surface area contributed by atoms with E-state index in [1.807, 2.05) is 30.3 Å². The second kappa shape index (κ2) is 10.6. The van der Waals surface area contributed by atoms with E-state index in [0.29, 0.717) is 10.4 Å². The Hall–Kier alpha value is -3.69. The van der Waals surface area contributed by atoms with E-state index in [1.165, 1.54) is 7.11 Å². The number of hydrogen-bond acceptors (Lipinski definition) is 7. The molecule has 1 atom stereocenters. The molecule has 0 radical (unpaired) electrons. The molecule has 5 N–H and O–H groups in total. The lowest BCUT2D eigenvalue weighted by Gasteiger charge is -2.14. The minimum absolute atomic E-state index is 0.109. The maximum atomic E-state index is 13.0. The number of aromatic hydroxyl groups is 1. The molecule has 3 aromatic rings. The number of ether oxygens (including phenoxy) is 1. The molecule has 9 heteroatoms. The van der Waals surface area contributed by atoms with E-state index in [1.54, 1.807) is 30.3 Å². The lowest BCUT2D eigenvalue weighted by atomic mass is 10.1. The monoisotopic (exact) mass is 453 g/mol. The van der Waals surface area contributed by atoms with Gasteiger partial charge in [0.2, 0.25) is 0 Å². The normalized spacial score (nSPS) is 11.4. The highest BCUT2D eigenvalue weighted by Gasteiger charge is 2.25. The summed E-state index contributed by atoms with van der Waals surface area (Å²) < 4.78 is 4.67. The van der Waals surface area contributed by atoms with Crippen molar-refractivity contribution in [3.63, 3.8) is 0 Å². The van der Waals surface area contributed by atoms with Crippen LogP contribution in [-0.4, -0.2) is 42.6 Å². The average molecular weight is 454 g/mol. The lowest BCUT2D eigenvalue weighted by molar-refractivity contribution is -0.142. The molecule has 0 aliphatic rings. The van der Waals surface area contributed by atoms with Gasteiger partial charge in [-0.15, -0.1) is 11.3 Å². The van der Waals surface area contributed by atoms with Gasteiger partial charge in [0.05, 0.1) is 12.0 Å². The number of esters is 1. The predicted octanol–water partition coefficient (Wildman–Crippen LogP) is 2.28. The first-order valence-corrected chi connectivity index (χ1v) is 10.6. The van der Waals surface area contributed by atoms with Crippen molar-refractivity contribution in [2.75, 3.05) is 13.7 Å². The Morgan fingerprint density at radius 3 is 2.47 bits per heavy atom. The van der Waals surface area contributed by atoms with Crippen LogP contribution in [0.5, 0.6) is 5.75 Å². The largest absolute Gasteiger partial charge is 0.508 e. The zero-order valence-corrected chi connectivity index (χ0v) is 18.1. The number of nitrogens with two attached hydrogens (primary N) is 1. The predicted molar refractivity (Wildman–Crippen MR) is 121 cm³/mol. The van der Waals surface area contributed by atoms with Crippen LogP contribution in [0.25, 0.3) is 11.1 Å². The molecule has 2 aromatic carbocycles. The van der Waals surface area contributed by atoms with Gasteiger partial charge in [-0.2, -0.15) is 0 Å². The van der Waals surface area contributed by atoms with Gasteiger partial charge in [-0.3, -0.25) is 9.59 Å².